The first kappa shape index (κ1) is 19.1. The van der Waals surface area contributed by atoms with Gasteiger partial charge in [-0.1, -0.05) is 11.6 Å². The van der Waals surface area contributed by atoms with Gasteiger partial charge in [-0.2, -0.15) is 4.52 Å². The molecule has 4 aromatic rings. The van der Waals surface area contributed by atoms with E-state index in [0.29, 0.717) is 17.1 Å². The second kappa shape index (κ2) is 7.29. The third-order valence-corrected chi connectivity index (χ3v) is 4.46. The largest absolute Gasteiger partial charge is 0.478 e. The van der Waals surface area contributed by atoms with Crippen molar-refractivity contribution in [3.8, 4) is 11.3 Å². The van der Waals surface area contributed by atoms with E-state index in [1.807, 2.05) is 0 Å². The zero-order valence-electron chi connectivity index (χ0n) is 14.8. The predicted molar refractivity (Wildman–Crippen MR) is 105 cm³/mol. The molecule has 2 N–H and O–H groups in total. The number of fused-ring (bicyclic) bond motifs is 1. The van der Waals surface area contributed by atoms with Gasteiger partial charge in [-0.05, 0) is 42.5 Å². The van der Waals surface area contributed by atoms with Crippen LogP contribution in [0.25, 0.3) is 29.3 Å². The van der Waals surface area contributed by atoms with Crippen LogP contribution in [0.1, 0.15) is 21.8 Å². The summed E-state index contributed by atoms with van der Waals surface area (Å²) in [6.07, 6.45) is 3.86. The fourth-order valence-electron chi connectivity index (χ4n) is 2.75. The number of carboxylic acid groups (broad SMARTS) is 1. The van der Waals surface area contributed by atoms with Crippen molar-refractivity contribution in [2.24, 2.45) is 0 Å². The second-order valence-corrected chi connectivity index (χ2v) is 6.37. The van der Waals surface area contributed by atoms with Crippen molar-refractivity contribution in [3.05, 3.63) is 79.2 Å². The Balaban J connectivity index is 1.70. The molecule has 0 aliphatic heterocycles. The first-order chi connectivity index (χ1) is 14.3. The van der Waals surface area contributed by atoms with Gasteiger partial charge in [-0.25, -0.2) is 14.8 Å². The summed E-state index contributed by atoms with van der Waals surface area (Å²) < 4.78 is 6.51. The van der Waals surface area contributed by atoms with Crippen LogP contribution in [0.5, 0.6) is 0 Å². The summed E-state index contributed by atoms with van der Waals surface area (Å²) in [6.45, 7) is 0. The van der Waals surface area contributed by atoms with Crippen LogP contribution in [0.4, 0.5) is 5.69 Å². The number of rotatable bonds is 5. The molecule has 0 unspecified atom stereocenters. The maximum atomic E-state index is 12.3. The van der Waals surface area contributed by atoms with Crippen molar-refractivity contribution in [1.29, 1.82) is 0 Å². The van der Waals surface area contributed by atoms with E-state index in [4.69, 9.17) is 16.0 Å². The van der Waals surface area contributed by atoms with Gasteiger partial charge in [-0.3, -0.25) is 20.0 Å². The Kier molecular flexibility index (Phi) is 4.64. The predicted octanol–water partition coefficient (Wildman–Crippen LogP) is 3.11. The number of aromatic carboxylic acids is 1. The molecule has 150 valence electrons. The average molecular weight is 428 g/mol. The first-order valence-electron chi connectivity index (χ1n) is 8.27. The summed E-state index contributed by atoms with van der Waals surface area (Å²) >= 11 is 5.87. The highest BCUT2D eigenvalue weighted by Crippen LogP contribution is 2.27. The number of halogens is 1. The Morgan fingerprint density at radius 3 is 2.83 bits per heavy atom. The number of H-pyrrole nitrogens is 1. The Hall–Kier alpha value is -4.25. The number of aromatic nitrogens is 4. The maximum Gasteiger partial charge on any atom is 0.361 e. The monoisotopic (exact) mass is 427 g/mol. The fourth-order valence-corrected chi connectivity index (χ4v) is 2.95. The van der Waals surface area contributed by atoms with Crippen molar-refractivity contribution in [1.82, 2.24) is 19.6 Å². The molecule has 0 aliphatic carbocycles. The highest BCUT2D eigenvalue weighted by molar-refractivity contribution is 6.33. The molecule has 3 aromatic heterocycles. The highest BCUT2D eigenvalue weighted by atomic mass is 35.5. The molecule has 12 heteroatoms. The number of benzene rings is 1. The van der Waals surface area contributed by atoms with Crippen LogP contribution >= 0.6 is 11.6 Å². The number of nitrogens with zero attached hydrogens (tertiary/aromatic N) is 4. The number of aromatic amines is 1. The summed E-state index contributed by atoms with van der Waals surface area (Å²) in [6, 6.07) is 7.59. The molecule has 0 saturated heterocycles. The smallest absolute Gasteiger partial charge is 0.361 e. The quantitative estimate of drug-likeness (QED) is 0.363. The van der Waals surface area contributed by atoms with Gasteiger partial charge < -0.3 is 9.52 Å². The first-order valence-corrected chi connectivity index (χ1v) is 8.64. The van der Waals surface area contributed by atoms with E-state index >= 15 is 0 Å². The lowest BCUT2D eigenvalue weighted by Crippen LogP contribution is -2.20. The molecule has 0 spiro atoms. The van der Waals surface area contributed by atoms with Crippen molar-refractivity contribution in [2.45, 2.75) is 0 Å². The standard InChI is InChI=1S/C18H10ClN5O6/c19-12-4-1-9(7-11(12)17(26)27)14-6-3-10(30-14)2-5-13-15(24(28)29)16(25)23-18(22-13)20-8-21-23/h1-8H,(H,26,27)(H,20,21,22). The van der Waals surface area contributed by atoms with Crippen molar-refractivity contribution >= 4 is 41.2 Å². The highest BCUT2D eigenvalue weighted by Gasteiger charge is 2.23. The van der Waals surface area contributed by atoms with Gasteiger partial charge in [0.05, 0.1) is 15.5 Å². The number of nitrogens with one attached hydrogen (secondary N) is 1. The van der Waals surface area contributed by atoms with E-state index in [1.54, 1.807) is 18.2 Å². The molecule has 0 bridgehead atoms. The zero-order valence-corrected chi connectivity index (χ0v) is 15.5. The van der Waals surface area contributed by atoms with Crippen LogP contribution in [-0.4, -0.2) is 35.6 Å². The minimum Gasteiger partial charge on any atom is -0.478 e. The van der Waals surface area contributed by atoms with E-state index in [0.717, 1.165) is 4.52 Å². The van der Waals surface area contributed by atoms with Crippen molar-refractivity contribution in [2.75, 3.05) is 0 Å². The van der Waals surface area contributed by atoms with Crippen LogP contribution in [0.15, 0.2) is 45.9 Å². The third-order valence-electron chi connectivity index (χ3n) is 4.13. The number of hydrogen-bond acceptors (Lipinski definition) is 7. The Labute approximate surface area is 171 Å². The SMILES string of the molecule is O=C(O)c1cc(-c2ccc(C=Cc3nc4nc[nH]n4c(=O)c3[N+](=O)[O-])o2)ccc1Cl. The van der Waals surface area contributed by atoms with Gasteiger partial charge in [0.1, 0.15) is 17.8 Å². The average Bonchev–Trinajstić information content (AvgIpc) is 3.35. The Morgan fingerprint density at radius 2 is 2.10 bits per heavy atom. The zero-order chi connectivity index (χ0) is 21.4. The van der Waals surface area contributed by atoms with Crippen molar-refractivity contribution < 1.29 is 19.2 Å². The number of carbonyl (C=O) groups is 1. The van der Waals surface area contributed by atoms with E-state index in [2.05, 4.69) is 15.1 Å². The van der Waals surface area contributed by atoms with Crippen LogP contribution in [0.2, 0.25) is 5.02 Å². The van der Waals surface area contributed by atoms with Gasteiger partial charge in [0, 0.05) is 5.56 Å². The third kappa shape index (κ3) is 3.33. The molecule has 0 radical (unpaired) electrons. The second-order valence-electron chi connectivity index (χ2n) is 5.97. The molecule has 0 fully saturated rings. The molecular weight excluding hydrogens is 418 g/mol. The molecule has 30 heavy (non-hydrogen) atoms. The summed E-state index contributed by atoms with van der Waals surface area (Å²) in [5.74, 6) is -0.533. The summed E-state index contributed by atoms with van der Waals surface area (Å²) in [5.41, 5.74) is -1.39. The minimum absolute atomic E-state index is 0.0206. The summed E-state index contributed by atoms with van der Waals surface area (Å²) in [4.78, 5) is 41.8. The lowest BCUT2D eigenvalue weighted by Gasteiger charge is -2.02. The van der Waals surface area contributed by atoms with Gasteiger partial charge in [0.25, 0.3) is 5.78 Å². The molecule has 1 aromatic carbocycles. The Bertz CT molecular complexity index is 1400. The van der Waals surface area contributed by atoms with E-state index in [1.165, 1.54) is 30.6 Å². The molecule has 4 rings (SSSR count). The summed E-state index contributed by atoms with van der Waals surface area (Å²) in [5, 5.41) is 23.1. The van der Waals surface area contributed by atoms with Crippen molar-refractivity contribution in [3.63, 3.8) is 0 Å². The molecule has 0 saturated carbocycles. The maximum absolute atomic E-state index is 12.3. The molecular formula is C18H10ClN5O6. The van der Waals surface area contributed by atoms with Gasteiger partial charge in [0.2, 0.25) is 0 Å². The molecule has 11 nitrogen and oxygen atoms in total. The lowest BCUT2D eigenvalue weighted by atomic mass is 10.1. The summed E-state index contributed by atoms with van der Waals surface area (Å²) in [7, 11) is 0. The van der Waals surface area contributed by atoms with Gasteiger partial charge in [0.15, 0.2) is 5.69 Å². The molecule has 0 aliphatic rings. The van der Waals surface area contributed by atoms with E-state index in [-0.39, 0.29) is 22.1 Å². The molecule has 3 heterocycles. The molecule has 0 amide bonds. The fraction of sp³-hybridized carbons (Fsp3) is 0. The van der Waals surface area contributed by atoms with Crippen LogP contribution < -0.4 is 5.56 Å². The normalized spacial score (nSPS) is 11.4. The Morgan fingerprint density at radius 1 is 1.30 bits per heavy atom. The van der Waals surface area contributed by atoms with Crippen LogP contribution in [0, 0.1) is 10.1 Å². The van der Waals surface area contributed by atoms with Gasteiger partial charge >= 0.3 is 17.2 Å². The molecule has 0 atom stereocenters. The van der Waals surface area contributed by atoms with Gasteiger partial charge in [-0.15, -0.1) is 0 Å². The van der Waals surface area contributed by atoms with Crippen LogP contribution in [-0.2, 0) is 0 Å². The number of carboxylic acids is 1. The van der Waals surface area contributed by atoms with Crippen LogP contribution in [0.3, 0.4) is 0 Å². The minimum atomic E-state index is -1.17. The van der Waals surface area contributed by atoms with E-state index in [9.17, 15) is 24.8 Å². The number of nitro groups is 1. The lowest BCUT2D eigenvalue weighted by molar-refractivity contribution is -0.386. The number of furan rings is 1. The van der Waals surface area contributed by atoms with E-state index < -0.39 is 22.1 Å². The topological polar surface area (TPSA) is 157 Å². The number of hydrogen-bond donors (Lipinski definition) is 2.